The molecule has 0 bridgehead atoms. The lowest BCUT2D eigenvalue weighted by atomic mass is 10.2. The molecule has 1 aliphatic heterocycles. The van der Waals surface area contributed by atoms with E-state index < -0.39 is 5.97 Å². The molecule has 2 rings (SSSR count). The Kier molecular flexibility index (Phi) is 4.16. The molecule has 2 heterocycles. The van der Waals surface area contributed by atoms with Gasteiger partial charge in [0.05, 0.1) is 0 Å². The first-order chi connectivity index (χ1) is 9.06. The quantitative estimate of drug-likeness (QED) is 0.828. The van der Waals surface area contributed by atoms with Crippen LogP contribution in [-0.2, 0) is 4.79 Å². The molecular formula is C14H19N3O2. The van der Waals surface area contributed by atoms with Gasteiger partial charge in [-0.2, -0.15) is 0 Å². The number of carbonyl (C=O) groups is 1. The molecule has 1 fully saturated rings. The Hall–Kier alpha value is -1.88. The standard InChI is InChI=1S/C14H19N3O2/c1-16(2)12-7-8-17(10-12)13-5-3-11(9-15-13)4-6-14(18)19/h3-6,9,12H,7-8,10H2,1-2H3,(H,18,19)/b6-4+. The van der Waals surface area contributed by atoms with Crippen LogP contribution in [-0.4, -0.2) is 54.2 Å². The van der Waals surface area contributed by atoms with Gasteiger partial charge in [0.25, 0.3) is 0 Å². The maximum absolute atomic E-state index is 10.4. The Morgan fingerprint density at radius 1 is 1.53 bits per heavy atom. The molecule has 1 aliphatic rings. The Balaban J connectivity index is 2.01. The van der Waals surface area contributed by atoms with E-state index in [1.807, 2.05) is 12.1 Å². The molecule has 102 valence electrons. The molecule has 0 aromatic carbocycles. The van der Waals surface area contributed by atoms with Gasteiger partial charge in [-0.15, -0.1) is 0 Å². The van der Waals surface area contributed by atoms with Gasteiger partial charge in [-0.05, 0) is 44.3 Å². The number of aliphatic carboxylic acids is 1. The molecule has 0 amide bonds. The van der Waals surface area contributed by atoms with Crippen molar-refractivity contribution in [1.82, 2.24) is 9.88 Å². The number of hydrogen-bond donors (Lipinski definition) is 1. The van der Waals surface area contributed by atoms with Gasteiger partial charge in [0.2, 0.25) is 0 Å². The fourth-order valence-corrected chi connectivity index (χ4v) is 2.22. The third kappa shape index (κ3) is 3.54. The molecule has 0 spiro atoms. The molecular weight excluding hydrogens is 242 g/mol. The SMILES string of the molecule is CN(C)C1CCN(c2ccc(/C=C/C(=O)O)cn2)C1. The number of aromatic nitrogens is 1. The van der Waals surface area contributed by atoms with E-state index in [-0.39, 0.29) is 0 Å². The minimum absolute atomic E-state index is 0.577. The van der Waals surface area contributed by atoms with Crippen LogP contribution >= 0.6 is 0 Å². The van der Waals surface area contributed by atoms with Crippen molar-refractivity contribution in [3.05, 3.63) is 30.0 Å². The summed E-state index contributed by atoms with van der Waals surface area (Å²) < 4.78 is 0. The Bertz CT molecular complexity index is 468. The lowest BCUT2D eigenvalue weighted by Crippen LogP contribution is -2.31. The summed E-state index contributed by atoms with van der Waals surface area (Å²) in [6.07, 6.45) is 5.52. The van der Waals surface area contributed by atoms with Crippen LogP contribution in [0.1, 0.15) is 12.0 Å². The van der Waals surface area contributed by atoms with E-state index in [1.54, 1.807) is 12.3 Å². The second-order valence-corrected chi connectivity index (χ2v) is 4.97. The normalized spacial score (nSPS) is 19.5. The highest BCUT2D eigenvalue weighted by Gasteiger charge is 2.24. The number of anilines is 1. The van der Waals surface area contributed by atoms with Crippen molar-refractivity contribution in [3.8, 4) is 0 Å². The summed E-state index contributed by atoms with van der Waals surface area (Å²) >= 11 is 0. The lowest BCUT2D eigenvalue weighted by molar-refractivity contribution is -0.131. The van der Waals surface area contributed by atoms with Crippen molar-refractivity contribution in [2.45, 2.75) is 12.5 Å². The number of pyridine rings is 1. The highest BCUT2D eigenvalue weighted by molar-refractivity contribution is 5.85. The van der Waals surface area contributed by atoms with E-state index in [4.69, 9.17) is 5.11 Å². The van der Waals surface area contributed by atoms with Crippen LogP contribution < -0.4 is 4.90 Å². The largest absolute Gasteiger partial charge is 0.478 e. The van der Waals surface area contributed by atoms with Gasteiger partial charge in [0, 0.05) is 31.4 Å². The third-order valence-corrected chi connectivity index (χ3v) is 3.41. The molecule has 1 aromatic rings. The van der Waals surface area contributed by atoms with Crippen molar-refractivity contribution in [3.63, 3.8) is 0 Å². The topological polar surface area (TPSA) is 56.7 Å². The van der Waals surface area contributed by atoms with Crippen molar-refractivity contribution >= 4 is 17.9 Å². The van der Waals surface area contributed by atoms with Crippen molar-refractivity contribution < 1.29 is 9.90 Å². The van der Waals surface area contributed by atoms with Gasteiger partial charge in [-0.3, -0.25) is 0 Å². The molecule has 5 nitrogen and oxygen atoms in total. The zero-order chi connectivity index (χ0) is 13.8. The summed E-state index contributed by atoms with van der Waals surface area (Å²) in [5.74, 6) is 0.00858. The second-order valence-electron chi connectivity index (χ2n) is 4.97. The van der Waals surface area contributed by atoms with Crippen LogP contribution in [0.15, 0.2) is 24.4 Å². The summed E-state index contributed by atoms with van der Waals surface area (Å²) in [6, 6.07) is 4.41. The number of likely N-dealkylation sites (N-methyl/N-ethyl adjacent to an activating group) is 1. The van der Waals surface area contributed by atoms with Crippen LogP contribution in [0, 0.1) is 0 Å². The number of hydrogen-bond acceptors (Lipinski definition) is 4. The average molecular weight is 261 g/mol. The molecule has 0 aliphatic carbocycles. The van der Waals surface area contributed by atoms with Crippen LogP contribution in [0.2, 0.25) is 0 Å². The van der Waals surface area contributed by atoms with Crippen LogP contribution in [0.5, 0.6) is 0 Å². The summed E-state index contributed by atoms with van der Waals surface area (Å²) in [7, 11) is 4.20. The van der Waals surface area contributed by atoms with E-state index in [0.717, 1.165) is 37.0 Å². The maximum Gasteiger partial charge on any atom is 0.328 e. The molecule has 1 N–H and O–H groups in total. The summed E-state index contributed by atoms with van der Waals surface area (Å²) in [5, 5.41) is 8.56. The molecule has 0 saturated carbocycles. The molecule has 5 heteroatoms. The first-order valence-electron chi connectivity index (χ1n) is 6.34. The monoisotopic (exact) mass is 261 g/mol. The van der Waals surface area contributed by atoms with Crippen molar-refractivity contribution in [2.24, 2.45) is 0 Å². The zero-order valence-electron chi connectivity index (χ0n) is 11.3. The van der Waals surface area contributed by atoms with E-state index in [9.17, 15) is 4.79 Å². The summed E-state index contributed by atoms with van der Waals surface area (Å²) in [6.45, 7) is 2.00. The minimum atomic E-state index is -0.947. The molecule has 1 aromatic heterocycles. The Morgan fingerprint density at radius 3 is 2.84 bits per heavy atom. The summed E-state index contributed by atoms with van der Waals surface area (Å²) in [5.41, 5.74) is 0.800. The fourth-order valence-electron chi connectivity index (χ4n) is 2.22. The van der Waals surface area contributed by atoms with Crippen LogP contribution in [0.3, 0.4) is 0 Å². The predicted molar refractivity (Wildman–Crippen MR) is 75.2 cm³/mol. The first kappa shape index (κ1) is 13.5. The van der Waals surface area contributed by atoms with Gasteiger partial charge in [-0.25, -0.2) is 9.78 Å². The van der Waals surface area contributed by atoms with Crippen molar-refractivity contribution in [2.75, 3.05) is 32.1 Å². The minimum Gasteiger partial charge on any atom is -0.478 e. The highest BCUT2D eigenvalue weighted by atomic mass is 16.4. The van der Waals surface area contributed by atoms with E-state index in [1.165, 1.54) is 0 Å². The number of carboxylic acid groups (broad SMARTS) is 1. The molecule has 1 saturated heterocycles. The van der Waals surface area contributed by atoms with E-state index in [2.05, 4.69) is 28.9 Å². The van der Waals surface area contributed by atoms with Crippen LogP contribution in [0.25, 0.3) is 6.08 Å². The molecule has 19 heavy (non-hydrogen) atoms. The molecule has 0 radical (unpaired) electrons. The predicted octanol–water partition coefficient (Wildman–Crippen LogP) is 1.32. The zero-order valence-corrected chi connectivity index (χ0v) is 11.3. The third-order valence-electron chi connectivity index (χ3n) is 3.41. The lowest BCUT2D eigenvalue weighted by Gasteiger charge is -2.21. The second kappa shape index (κ2) is 5.84. The van der Waals surface area contributed by atoms with Gasteiger partial charge in [0.1, 0.15) is 5.82 Å². The smallest absolute Gasteiger partial charge is 0.328 e. The van der Waals surface area contributed by atoms with Gasteiger partial charge >= 0.3 is 5.97 Å². The number of carboxylic acids is 1. The summed E-state index contributed by atoms with van der Waals surface area (Å²) in [4.78, 5) is 19.3. The molecule has 1 atom stereocenters. The van der Waals surface area contributed by atoms with Gasteiger partial charge in [0.15, 0.2) is 0 Å². The van der Waals surface area contributed by atoms with Gasteiger partial charge < -0.3 is 14.9 Å². The fraction of sp³-hybridized carbons (Fsp3) is 0.429. The number of nitrogens with zero attached hydrogens (tertiary/aromatic N) is 3. The first-order valence-corrected chi connectivity index (χ1v) is 6.34. The Labute approximate surface area is 113 Å². The molecule has 1 unspecified atom stereocenters. The van der Waals surface area contributed by atoms with E-state index >= 15 is 0 Å². The number of rotatable bonds is 4. The van der Waals surface area contributed by atoms with Crippen LogP contribution in [0.4, 0.5) is 5.82 Å². The highest BCUT2D eigenvalue weighted by Crippen LogP contribution is 2.20. The Morgan fingerprint density at radius 2 is 2.32 bits per heavy atom. The van der Waals surface area contributed by atoms with Crippen molar-refractivity contribution in [1.29, 1.82) is 0 Å². The van der Waals surface area contributed by atoms with E-state index in [0.29, 0.717) is 6.04 Å². The van der Waals surface area contributed by atoms with Gasteiger partial charge in [-0.1, -0.05) is 0 Å². The maximum atomic E-state index is 10.4. The average Bonchev–Trinajstić information content (AvgIpc) is 2.86.